The fraction of sp³-hybridized carbons (Fsp3) is 0.0833. The SMILES string of the molecule is COc1cc(F)ccc1Cc1nc(-c2nc3ccccc3[nH]2)cn1-c1ccc(Cl)cc1. The van der Waals surface area contributed by atoms with Crippen molar-refractivity contribution in [3.63, 3.8) is 0 Å². The number of nitrogens with zero attached hydrogens (tertiary/aromatic N) is 3. The summed E-state index contributed by atoms with van der Waals surface area (Å²) in [6.07, 6.45) is 2.39. The first kappa shape index (κ1) is 19.3. The smallest absolute Gasteiger partial charge is 0.158 e. The Kier molecular flexibility index (Phi) is 4.92. The number of ether oxygens (including phenoxy) is 1. The molecule has 0 aliphatic rings. The van der Waals surface area contributed by atoms with Crippen molar-refractivity contribution in [2.45, 2.75) is 6.42 Å². The Morgan fingerprint density at radius 1 is 1.03 bits per heavy atom. The van der Waals surface area contributed by atoms with Crippen LogP contribution in [0.25, 0.3) is 28.2 Å². The average Bonchev–Trinajstić information content (AvgIpc) is 3.40. The zero-order chi connectivity index (χ0) is 21.4. The molecule has 5 aromatic rings. The van der Waals surface area contributed by atoms with Crippen molar-refractivity contribution in [1.82, 2.24) is 19.5 Å². The van der Waals surface area contributed by atoms with Crippen LogP contribution in [0.15, 0.2) is 72.9 Å². The molecule has 5 rings (SSSR count). The van der Waals surface area contributed by atoms with Crippen LogP contribution in [0.5, 0.6) is 5.75 Å². The van der Waals surface area contributed by atoms with E-state index in [-0.39, 0.29) is 5.82 Å². The molecular weight excluding hydrogens is 415 g/mol. The van der Waals surface area contributed by atoms with Crippen LogP contribution in [-0.4, -0.2) is 26.6 Å². The van der Waals surface area contributed by atoms with E-state index >= 15 is 0 Å². The van der Waals surface area contributed by atoms with Crippen molar-refractivity contribution in [1.29, 1.82) is 0 Å². The minimum atomic E-state index is -0.343. The summed E-state index contributed by atoms with van der Waals surface area (Å²) in [5.41, 5.74) is 4.28. The van der Waals surface area contributed by atoms with Crippen LogP contribution in [0.3, 0.4) is 0 Å². The number of methoxy groups -OCH3 is 1. The monoisotopic (exact) mass is 432 g/mol. The third kappa shape index (κ3) is 3.78. The van der Waals surface area contributed by atoms with Crippen molar-refractivity contribution in [3.05, 3.63) is 95.2 Å². The first-order valence-electron chi connectivity index (χ1n) is 9.72. The van der Waals surface area contributed by atoms with Gasteiger partial charge in [-0.25, -0.2) is 14.4 Å². The summed E-state index contributed by atoms with van der Waals surface area (Å²) in [4.78, 5) is 12.8. The molecule has 2 heterocycles. The van der Waals surface area contributed by atoms with Crippen molar-refractivity contribution in [2.24, 2.45) is 0 Å². The number of benzene rings is 3. The topological polar surface area (TPSA) is 55.7 Å². The van der Waals surface area contributed by atoms with Crippen molar-refractivity contribution in [2.75, 3.05) is 7.11 Å². The van der Waals surface area contributed by atoms with Gasteiger partial charge in [-0.1, -0.05) is 29.8 Å². The van der Waals surface area contributed by atoms with E-state index in [4.69, 9.17) is 21.3 Å². The standard InChI is InChI=1S/C24H18ClFN4O/c1-31-22-13-17(26)9-6-15(22)12-23-27-21(14-30(23)18-10-7-16(25)8-11-18)24-28-19-4-2-3-5-20(19)29-24/h2-11,13-14H,12H2,1H3,(H,28,29). The lowest BCUT2D eigenvalue weighted by atomic mass is 10.1. The Morgan fingerprint density at radius 3 is 2.61 bits per heavy atom. The van der Waals surface area contributed by atoms with Crippen molar-refractivity contribution < 1.29 is 9.13 Å². The van der Waals surface area contributed by atoms with Gasteiger partial charge in [-0.2, -0.15) is 0 Å². The molecule has 0 saturated heterocycles. The Labute approximate surface area is 183 Å². The highest BCUT2D eigenvalue weighted by Gasteiger charge is 2.16. The van der Waals surface area contributed by atoms with E-state index in [0.29, 0.717) is 28.7 Å². The van der Waals surface area contributed by atoms with Gasteiger partial charge in [0.25, 0.3) is 0 Å². The van der Waals surface area contributed by atoms with E-state index in [1.54, 1.807) is 6.07 Å². The molecule has 0 amide bonds. The second-order valence-electron chi connectivity index (χ2n) is 7.12. The van der Waals surface area contributed by atoms with Gasteiger partial charge < -0.3 is 14.3 Å². The highest BCUT2D eigenvalue weighted by Crippen LogP contribution is 2.27. The molecule has 0 fully saturated rings. The predicted octanol–water partition coefficient (Wildman–Crippen LogP) is 5.81. The van der Waals surface area contributed by atoms with Gasteiger partial charge in [-0.05, 0) is 42.5 Å². The molecule has 154 valence electrons. The fourth-order valence-corrected chi connectivity index (χ4v) is 3.72. The molecule has 5 nitrogen and oxygen atoms in total. The number of rotatable bonds is 5. The van der Waals surface area contributed by atoms with E-state index in [1.165, 1.54) is 19.2 Å². The Morgan fingerprint density at radius 2 is 1.84 bits per heavy atom. The maximum Gasteiger partial charge on any atom is 0.158 e. The third-order valence-corrected chi connectivity index (χ3v) is 5.37. The first-order chi connectivity index (χ1) is 15.1. The van der Waals surface area contributed by atoms with Gasteiger partial charge in [-0.3, -0.25) is 0 Å². The summed E-state index contributed by atoms with van der Waals surface area (Å²) < 4.78 is 21.0. The molecule has 0 bridgehead atoms. The van der Waals surface area contributed by atoms with E-state index in [0.717, 1.165) is 28.1 Å². The van der Waals surface area contributed by atoms with Crippen LogP contribution in [-0.2, 0) is 6.42 Å². The molecule has 0 aliphatic heterocycles. The number of imidazole rings is 2. The highest BCUT2D eigenvalue weighted by atomic mass is 35.5. The summed E-state index contributed by atoms with van der Waals surface area (Å²) in [6.45, 7) is 0. The lowest BCUT2D eigenvalue weighted by Gasteiger charge is -2.11. The van der Waals surface area contributed by atoms with Gasteiger partial charge in [0.15, 0.2) is 5.82 Å². The molecule has 0 atom stereocenters. The predicted molar refractivity (Wildman–Crippen MR) is 119 cm³/mol. The maximum atomic E-state index is 13.7. The Balaban J connectivity index is 1.62. The van der Waals surface area contributed by atoms with E-state index in [1.807, 2.05) is 59.3 Å². The van der Waals surface area contributed by atoms with Crippen LogP contribution in [0, 0.1) is 5.82 Å². The number of aromatic amines is 1. The normalized spacial score (nSPS) is 11.2. The zero-order valence-electron chi connectivity index (χ0n) is 16.6. The number of para-hydroxylation sites is 2. The van der Waals surface area contributed by atoms with Gasteiger partial charge in [-0.15, -0.1) is 0 Å². The number of hydrogen-bond acceptors (Lipinski definition) is 3. The van der Waals surface area contributed by atoms with E-state index in [2.05, 4.69) is 9.97 Å². The second kappa shape index (κ2) is 7.89. The van der Waals surface area contributed by atoms with Gasteiger partial charge in [0, 0.05) is 35.0 Å². The van der Waals surface area contributed by atoms with Crippen LogP contribution >= 0.6 is 11.6 Å². The summed E-state index contributed by atoms with van der Waals surface area (Å²) in [6, 6.07) is 19.9. The third-order valence-electron chi connectivity index (χ3n) is 5.11. The van der Waals surface area contributed by atoms with Crippen LogP contribution < -0.4 is 4.74 Å². The number of nitrogens with one attached hydrogen (secondary N) is 1. The van der Waals surface area contributed by atoms with Gasteiger partial charge in [0.2, 0.25) is 0 Å². The molecule has 0 aliphatic carbocycles. The lowest BCUT2D eigenvalue weighted by molar-refractivity contribution is 0.406. The molecule has 0 spiro atoms. The minimum Gasteiger partial charge on any atom is -0.496 e. The van der Waals surface area contributed by atoms with Gasteiger partial charge in [0.1, 0.15) is 23.1 Å². The summed E-state index contributed by atoms with van der Waals surface area (Å²) in [5.74, 6) is 1.59. The van der Waals surface area contributed by atoms with Crippen LogP contribution in [0.1, 0.15) is 11.4 Å². The minimum absolute atomic E-state index is 0.343. The van der Waals surface area contributed by atoms with Crippen molar-refractivity contribution >= 4 is 22.6 Å². The Bertz CT molecular complexity index is 1340. The number of H-pyrrole nitrogens is 1. The highest BCUT2D eigenvalue weighted by molar-refractivity contribution is 6.30. The van der Waals surface area contributed by atoms with Gasteiger partial charge >= 0.3 is 0 Å². The molecule has 7 heteroatoms. The number of aromatic nitrogens is 4. The van der Waals surface area contributed by atoms with Crippen LogP contribution in [0.2, 0.25) is 5.02 Å². The van der Waals surface area contributed by atoms with E-state index < -0.39 is 0 Å². The number of fused-ring (bicyclic) bond motifs is 1. The molecule has 31 heavy (non-hydrogen) atoms. The Hall–Kier alpha value is -3.64. The molecular formula is C24H18ClFN4O. The summed E-state index contributed by atoms with van der Waals surface area (Å²) >= 11 is 6.08. The van der Waals surface area contributed by atoms with Gasteiger partial charge in [0.05, 0.1) is 18.1 Å². The van der Waals surface area contributed by atoms with Crippen LogP contribution in [0.4, 0.5) is 4.39 Å². The van der Waals surface area contributed by atoms with Crippen molar-refractivity contribution in [3.8, 4) is 23.0 Å². The fourth-order valence-electron chi connectivity index (χ4n) is 3.59. The summed E-state index contributed by atoms with van der Waals surface area (Å²) in [5, 5.41) is 0.656. The van der Waals surface area contributed by atoms with E-state index in [9.17, 15) is 4.39 Å². The number of halogens is 2. The largest absolute Gasteiger partial charge is 0.496 e. The maximum absolute atomic E-state index is 13.7. The number of hydrogen-bond donors (Lipinski definition) is 1. The quantitative estimate of drug-likeness (QED) is 0.381. The molecule has 0 unspecified atom stereocenters. The molecule has 3 aromatic carbocycles. The second-order valence-corrected chi connectivity index (χ2v) is 7.56. The molecule has 0 radical (unpaired) electrons. The molecule has 0 saturated carbocycles. The average molecular weight is 433 g/mol. The lowest BCUT2D eigenvalue weighted by Crippen LogP contribution is -2.03. The zero-order valence-corrected chi connectivity index (χ0v) is 17.4. The molecule has 1 N–H and O–H groups in total. The first-order valence-corrected chi connectivity index (χ1v) is 10.1. The molecule has 2 aromatic heterocycles. The summed E-state index contributed by atoms with van der Waals surface area (Å²) in [7, 11) is 1.53.